The average Bonchev–Trinajstić information content (AvgIpc) is 2.46. The van der Waals surface area contributed by atoms with Crippen LogP contribution in [-0.4, -0.2) is 4.98 Å². The molecule has 0 radical (unpaired) electrons. The highest BCUT2D eigenvalue weighted by Gasteiger charge is 2.09. The number of aromatic nitrogens is 1. The van der Waals surface area contributed by atoms with Crippen LogP contribution in [0.1, 0.15) is 5.56 Å². The van der Waals surface area contributed by atoms with Crippen LogP contribution in [0.5, 0.6) is 0 Å². The van der Waals surface area contributed by atoms with E-state index in [1.165, 1.54) is 12.1 Å². The Kier molecular flexibility index (Phi) is 4.08. The first-order valence-electron chi connectivity index (χ1n) is 6.36. The zero-order valence-corrected chi connectivity index (χ0v) is 13.2. The molecule has 0 aliphatic rings. The van der Waals surface area contributed by atoms with E-state index in [1.54, 1.807) is 6.20 Å². The molecule has 1 heterocycles. The van der Waals surface area contributed by atoms with Crippen LogP contribution in [0, 0.1) is 5.82 Å². The number of halogens is 3. The lowest BCUT2D eigenvalue weighted by Crippen LogP contribution is -2.02. The molecule has 0 bridgehead atoms. The summed E-state index contributed by atoms with van der Waals surface area (Å²) in [4.78, 5) is 4.33. The lowest BCUT2D eigenvalue weighted by Gasteiger charge is -2.12. The molecule has 0 aliphatic heterocycles. The molecule has 2 aromatic carbocycles. The summed E-state index contributed by atoms with van der Waals surface area (Å²) in [5.74, 6) is -0.369. The van der Waals surface area contributed by atoms with Crippen LogP contribution in [0.25, 0.3) is 10.9 Å². The predicted octanol–water partition coefficient (Wildman–Crippen LogP) is 5.40. The third kappa shape index (κ3) is 3.01. The van der Waals surface area contributed by atoms with Gasteiger partial charge in [0.05, 0.1) is 16.2 Å². The van der Waals surface area contributed by atoms with Crippen molar-refractivity contribution in [2.75, 3.05) is 5.32 Å². The number of fused-ring (bicyclic) bond motifs is 1. The molecule has 3 aromatic rings. The van der Waals surface area contributed by atoms with Crippen LogP contribution in [0.4, 0.5) is 10.1 Å². The van der Waals surface area contributed by atoms with Gasteiger partial charge in [0.15, 0.2) is 0 Å². The van der Waals surface area contributed by atoms with Crippen molar-refractivity contribution in [1.29, 1.82) is 0 Å². The minimum atomic E-state index is -0.369. The van der Waals surface area contributed by atoms with Gasteiger partial charge in [0.1, 0.15) is 5.82 Å². The Morgan fingerprint density at radius 1 is 1.19 bits per heavy atom. The van der Waals surface area contributed by atoms with Crippen molar-refractivity contribution in [1.82, 2.24) is 4.98 Å². The van der Waals surface area contributed by atoms with Gasteiger partial charge in [-0.1, -0.05) is 29.8 Å². The number of hydrogen-bond acceptors (Lipinski definition) is 2. The molecule has 0 saturated heterocycles. The van der Waals surface area contributed by atoms with E-state index in [4.69, 9.17) is 11.6 Å². The van der Waals surface area contributed by atoms with Gasteiger partial charge < -0.3 is 5.32 Å². The van der Waals surface area contributed by atoms with Crippen molar-refractivity contribution in [3.05, 3.63) is 69.5 Å². The highest BCUT2D eigenvalue weighted by molar-refractivity contribution is 9.10. The quantitative estimate of drug-likeness (QED) is 0.672. The normalized spacial score (nSPS) is 10.8. The van der Waals surface area contributed by atoms with E-state index in [1.807, 2.05) is 30.3 Å². The van der Waals surface area contributed by atoms with Crippen molar-refractivity contribution >= 4 is 44.1 Å². The van der Waals surface area contributed by atoms with Gasteiger partial charge in [0.2, 0.25) is 0 Å². The van der Waals surface area contributed by atoms with Crippen LogP contribution in [0.3, 0.4) is 0 Å². The number of pyridine rings is 1. The molecule has 0 spiro atoms. The molecule has 0 atom stereocenters. The Morgan fingerprint density at radius 2 is 2.00 bits per heavy atom. The predicted molar refractivity (Wildman–Crippen MR) is 88.2 cm³/mol. The summed E-state index contributed by atoms with van der Waals surface area (Å²) in [7, 11) is 0. The van der Waals surface area contributed by atoms with Gasteiger partial charge in [-0.05, 0) is 45.8 Å². The van der Waals surface area contributed by atoms with Crippen molar-refractivity contribution in [3.63, 3.8) is 0 Å². The SMILES string of the molecule is Fc1cc(Cl)c(NCc2ccnc3ccccc23)c(Br)c1. The molecule has 0 saturated carbocycles. The van der Waals surface area contributed by atoms with Gasteiger partial charge in [-0.15, -0.1) is 0 Å². The second kappa shape index (κ2) is 6.00. The van der Waals surface area contributed by atoms with Crippen molar-refractivity contribution in [2.24, 2.45) is 0 Å². The number of nitrogens with one attached hydrogen (secondary N) is 1. The maximum Gasteiger partial charge on any atom is 0.125 e. The molecule has 2 nitrogen and oxygen atoms in total. The molecule has 0 aliphatic carbocycles. The molecule has 0 fully saturated rings. The van der Waals surface area contributed by atoms with Crippen molar-refractivity contribution in [3.8, 4) is 0 Å². The largest absolute Gasteiger partial charge is 0.379 e. The standard InChI is InChI=1S/C16H11BrClFN2/c17-13-7-11(19)8-14(18)16(13)21-9-10-5-6-20-15-4-2-1-3-12(10)15/h1-8,21H,9H2. The molecule has 1 N–H and O–H groups in total. The fourth-order valence-electron chi connectivity index (χ4n) is 2.20. The fourth-order valence-corrected chi connectivity index (χ4v) is 3.16. The van der Waals surface area contributed by atoms with Gasteiger partial charge in [-0.25, -0.2) is 4.39 Å². The van der Waals surface area contributed by atoms with Gasteiger partial charge in [-0.2, -0.15) is 0 Å². The minimum absolute atomic E-state index is 0.347. The number of para-hydroxylation sites is 1. The van der Waals surface area contributed by atoms with Gasteiger partial charge in [-0.3, -0.25) is 4.98 Å². The summed E-state index contributed by atoms with van der Waals surface area (Å²) >= 11 is 9.40. The number of nitrogens with zero attached hydrogens (tertiary/aromatic N) is 1. The molecular formula is C16H11BrClFN2. The van der Waals surface area contributed by atoms with Crippen LogP contribution in [-0.2, 0) is 6.54 Å². The topological polar surface area (TPSA) is 24.9 Å². The first kappa shape index (κ1) is 14.3. The van der Waals surface area contributed by atoms with E-state index < -0.39 is 0 Å². The maximum atomic E-state index is 13.2. The average molecular weight is 366 g/mol. The molecule has 5 heteroatoms. The highest BCUT2D eigenvalue weighted by atomic mass is 79.9. The third-order valence-electron chi connectivity index (χ3n) is 3.20. The first-order valence-corrected chi connectivity index (χ1v) is 7.53. The van der Waals surface area contributed by atoms with E-state index >= 15 is 0 Å². The van der Waals surface area contributed by atoms with Crippen LogP contribution in [0.15, 0.2) is 53.1 Å². The molecule has 21 heavy (non-hydrogen) atoms. The molecule has 106 valence electrons. The summed E-state index contributed by atoms with van der Waals surface area (Å²) in [6, 6.07) is 12.6. The van der Waals surface area contributed by atoms with Crippen molar-refractivity contribution in [2.45, 2.75) is 6.54 Å². The Hall–Kier alpha value is -1.65. The Morgan fingerprint density at radius 3 is 2.81 bits per heavy atom. The third-order valence-corrected chi connectivity index (χ3v) is 4.13. The number of hydrogen-bond donors (Lipinski definition) is 1. The molecule has 0 amide bonds. The van der Waals surface area contributed by atoms with E-state index in [2.05, 4.69) is 26.2 Å². The molecule has 1 aromatic heterocycles. The minimum Gasteiger partial charge on any atom is -0.379 e. The molecule has 0 unspecified atom stereocenters. The van der Waals surface area contributed by atoms with Crippen LogP contribution in [0.2, 0.25) is 5.02 Å². The van der Waals surface area contributed by atoms with Crippen LogP contribution >= 0.6 is 27.5 Å². The van der Waals surface area contributed by atoms with Gasteiger partial charge in [0.25, 0.3) is 0 Å². The number of rotatable bonds is 3. The molecular weight excluding hydrogens is 355 g/mol. The Balaban J connectivity index is 1.91. The van der Waals surface area contributed by atoms with E-state index in [0.29, 0.717) is 21.7 Å². The monoisotopic (exact) mass is 364 g/mol. The summed E-state index contributed by atoms with van der Waals surface area (Å²) in [5, 5.41) is 4.68. The summed E-state index contributed by atoms with van der Waals surface area (Å²) in [6.07, 6.45) is 1.78. The van der Waals surface area contributed by atoms with Gasteiger partial charge in [0, 0.05) is 22.6 Å². The second-order valence-corrected chi connectivity index (χ2v) is 5.85. The van der Waals surface area contributed by atoms with E-state index in [0.717, 1.165) is 16.5 Å². The van der Waals surface area contributed by atoms with Gasteiger partial charge >= 0.3 is 0 Å². The van der Waals surface area contributed by atoms with Crippen molar-refractivity contribution < 1.29 is 4.39 Å². The molecule has 3 rings (SSSR count). The summed E-state index contributed by atoms with van der Waals surface area (Å²) < 4.78 is 13.8. The summed E-state index contributed by atoms with van der Waals surface area (Å²) in [5.41, 5.74) is 2.73. The van der Waals surface area contributed by atoms with E-state index in [9.17, 15) is 4.39 Å². The summed E-state index contributed by atoms with van der Waals surface area (Å²) in [6.45, 7) is 0.576. The number of anilines is 1. The smallest absolute Gasteiger partial charge is 0.125 e. The van der Waals surface area contributed by atoms with Crippen LogP contribution < -0.4 is 5.32 Å². The second-order valence-electron chi connectivity index (χ2n) is 4.59. The highest BCUT2D eigenvalue weighted by Crippen LogP contribution is 2.32. The number of benzene rings is 2. The Bertz CT molecular complexity index is 779. The zero-order chi connectivity index (χ0) is 14.8. The zero-order valence-electron chi connectivity index (χ0n) is 10.9. The first-order chi connectivity index (χ1) is 10.1. The van der Waals surface area contributed by atoms with E-state index in [-0.39, 0.29) is 5.82 Å². The maximum absolute atomic E-state index is 13.2. The lowest BCUT2D eigenvalue weighted by molar-refractivity contribution is 0.627. The fraction of sp³-hybridized carbons (Fsp3) is 0.0625. The lowest BCUT2D eigenvalue weighted by atomic mass is 10.1. The Labute approximate surface area is 135 Å².